The van der Waals surface area contributed by atoms with Crippen molar-refractivity contribution in [2.45, 2.75) is 18.9 Å². The predicted molar refractivity (Wildman–Crippen MR) is 49.5 cm³/mol. The van der Waals surface area contributed by atoms with Crippen molar-refractivity contribution < 1.29 is 9.53 Å². The largest absolute Gasteiger partial charge is 0.464 e. The number of hydrogen-bond donors (Lipinski definition) is 0. The van der Waals surface area contributed by atoms with Gasteiger partial charge in [0.2, 0.25) is 0 Å². The normalized spacial score (nSPS) is 15.8. The quantitative estimate of drug-likeness (QED) is 0.746. The minimum Gasteiger partial charge on any atom is -0.464 e. The van der Waals surface area contributed by atoms with Crippen molar-refractivity contribution >= 4 is 21.9 Å². The molecule has 0 unspecified atom stereocenters. The highest BCUT2D eigenvalue weighted by atomic mass is 79.9. The maximum atomic E-state index is 11.3. The minimum absolute atomic E-state index is 0.337. The smallest absolute Gasteiger partial charge is 0.357 e. The van der Waals surface area contributed by atoms with Crippen molar-refractivity contribution in [1.82, 2.24) is 9.78 Å². The SMILES string of the molecule is COC(=O)c1c(Br)cnn1C1CC1. The van der Waals surface area contributed by atoms with Crippen molar-refractivity contribution in [3.63, 3.8) is 0 Å². The van der Waals surface area contributed by atoms with E-state index in [0.29, 0.717) is 16.2 Å². The highest BCUT2D eigenvalue weighted by Crippen LogP contribution is 2.36. The topological polar surface area (TPSA) is 44.1 Å². The van der Waals surface area contributed by atoms with Crippen molar-refractivity contribution in [2.75, 3.05) is 7.11 Å². The molecule has 1 saturated carbocycles. The first-order valence-corrected chi connectivity index (χ1v) is 4.84. The van der Waals surface area contributed by atoms with Crippen LogP contribution in [0.4, 0.5) is 0 Å². The molecular weight excluding hydrogens is 236 g/mol. The molecule has 1 heterocycles. The third kappa shape index (κ3) is 1.48. The van der Waals surface area contributed by atoms with Crippen LogP contribution in [0.5, 0.6) is 0 Å². The van der Waals surface area contributed by atoms with E-state index < -0.39 is 0 Å². The molecule has 4 nitrogen and oxygen atoms in total. The lowest BCUT2D eigenvalue weighted by Crippen LogP contribution is -2.11. The molecule has 5 heteroatoms. The Bertz CT molecular complexity index is 344. The molecule has 0 amide bonds. The fraction of sp³-hybridized carbons (Fsp3) is 0.500. The zero-order chi connectivity index (χ0) is 9.42. The third-order valence-corrected chi connectivity index (χ3v) is 2.60. The van der Waals surface area contributed by atoms with Gasteiger partial charge in [0.05, 0.1) is 23.8 Å². The van der Waals surface area contributed by atoms with Gasteiger partial charge in [0, 0.05) is 0 Å². The molecule has 70 valence electrons. The Morgan fingerprint density at radius 2 is 2.46 bits per heavy atom. The molecule has 0 aromatic carbocycles. The molecule has 0 N–H and O–H groups in total. The number of esters is 1. The lowest BCUT2D eigenvalue weighted by Gasteiger charge is -2.03. The summed E-state index contributed by atoms with van der Waals surface area (Å²) in [6, 6.07) is 0.389. The molecule has 1 aliphatic carbocycles. The summed E-state index contributed by atoms with van der Waals surface area (Å²) in [4.78, 5) is 11.3. The Labute approximate surface area is 84.0 Å². The van der Waals surface area contributed by atoms with E-state index in [1.807, 2.05) is 0 Å². The molecule has 0 bridgehead atoms. The number of carbonyl (C=O) groups is 1. The molecule has 1 aliphatic rings. The Morgan fingerprint density at radius 3 is 3.00 bits per heavy atom. The molecule has 13 heavy (non-hydrogen) atoms. The number of hydrogen-bond acceptors (Lipinski definition) is 3. The number of rotatable bonds is 2. The van der Waals surface area contributed by atoms with Crippen LogP contribution in [-0.2, 0) is 4.74 Å². The lowest BCUT2D eigenvalue weighted by molar-refractivity contribution is 0.0585. The molecule has 0 atom stereocenters. The first kappa shape index (κ1) is 8.74. The van der Waals surface area contributed by atoms with E-state index in [0.717, 1.165) is 12.8 Å². The fourth-order valence-corrected chi connectivity index (χ4v) is 1.66. The Kier molecular flexibility index (Phi) is 2.11. The third-order valence-electron chi connectivity index (χ3n) is 2.02. The number of aromatic nitrogens is 2. The maximum absolute atomic E-state index is 11.3. The van der Waals surface area contributed by atoms with Crippen LogP contribution in [0.2, 0.25) is 0 Å². The van der Waals surface area contributed by atoms with E-state index in [1.165, 1.54) is 7.11 Å². The second-order valence-corrected chi connectivity index (χ2v) is 3.86. The van der Waals surface area contributed by atoms with E-state index in [9.17, 15) is 4.79 Å². The first-order chi connectivity index (χ1) is 6.24. The van der Waals surface area contributed by atoms with Crippen LogP contribution in [0.15, 0.2) is 10.7 Å². The number of methoxy groups -OCH3 is 1. The van der Waals surface area contributed by atoms with E-state index in [2.05, 4.69) is 25.8 Å². The fourth-order valence-electron chi connectivity index (χ4n) is 1.22. The van der Waals surface area contributed by atoms with Gasteiger partial charge in [0.25, 0.3) is 0 Å². The summed E-state index contributed by atoms with van der Waals surface area (Å²) >= 11 is 3.27. The van der Waals surface area contributed by atoms with Gasteiger partial charge in [0.15, 0.2) is 5.69 Å². The van der Waals surface area contributed by atoms with Gasteiger partial charge in [0.1, 0.15) is 0 Å². The molecular formula is C8H9BrN2O2. The van der Waals surface area contributed by atoms with E-state index in [1.54, 1.807) is 10.9 Å². The van der Waals surface area contributed by atoms with Gasteiger partial charge in [-0.15, -0.1) is 0 Å². The van der Waals surface area contributed by atoms with E-state index in [-0.39, 0.29) is 5.97 Å². The Morgan fingerprint density at radius 1 is 1.77 bits per heavy atom. The van der Waals surface area contributed by atoms with Gasteiger partial charge >= 0.3 is 5.97 Å². The average Bonchev–Trinajstić information content (AvgIpc) is 2.89. The van der Waals surface area contributed by atoms with Gasteiger partial charge in [-0.2, -0.15) is 5.10 Å². The maximum Gasteiger partial charge on any atom is 0.357 e. The standard InChI is InChI=1S/C8H9BrN2O2/c1-13-8(12)7-6(9)4-10-11(7)5-2-3-5/h4-5H,2-3H2,1H3. The summed E-state index contributed by atoms with van der Waals surface area (Å²) in [5.41, 5.74) is 0.519. The molecule has 0 spiro atoms. The Hall–Kier alpha value is -0.840. The minimum atomic E-state index is -0.337. The van der Waals surface area contributed by atoms with Crippen LogP contribution >= 0.6 is 15.9 Å². The second-order valence-electron chi connectivity index (χ2n) is 3.01. The molecule has 0 saturated heterocycles. The average molecular weight is 245 g/mol. The van der Waals surface area contributed by atoms with Gasteiger partial charge in [-0.05, 0) is 28.8 Å². The van der Waals surface area contributed by atoms with Gasteiger partial charge in [-0.3, -0.25) is 4.68 Å². The predicted octanol–water partition coefficient (Wildman–Crippen LogP) is 1.77. The van der Waals surface area contributed by atoms with E-state index in [4.69, 9.17) is 0 Å². The summed E-state index contributed by atoms with van der Waals surface area (Å²) in [6.07, 6.45) is 3.82. The highest BCUT2D eigenvalue weighted by molar-refractivity contribution is 9.10. The van der Waals surface area contributed by atoms with Crippen LogP contribution in [0.3, 0.4) is 0 Å². The number of ether oxygens (including phenoxy) is 1. The zero-order valence-electron chi connectivity index (χ0n) is 7.16. The summed E-state index contributed by atoms with van der Waals surface area (Å²) < 4.78 is 7.10. The summed E-state index contributed by atoms with van der Waals surface area (Å²) in [6.45, 7) is 0. The van der Waals surface area contributed by atoms with Crippen LogP contribution in [0, 0.1) is 0 Å². The monoisotopic (exact) mass is 244 g/mol. The molecule has 0 aliphatic heterocycles. The summed E-state index contributed by atoms with van der Waals surface area (Å²) in [5, 5.41) is 4.12. The van der Waals surface area contributed by atoms with Crippen molar-refractivity contribution in [3.05, 3.63) is 16.4 Å². The van der Waals surface area contributed by atoms with Gasteiger partial charge in [-0.25, -0.2) is 4.79 Å². The van der Waals surface area contributed by atoms with Gasteiger partial charge in [-0.1, -0.05) is 0 Å². The second kappa shape index (κ2) is 3.14. The van der Waals surface area contributed by atoms with Crippen LogP contribution in [0.1, 0.15) is 29.4 Å². The van der Waals surface area contributed by atoms with Crippen LogP contribution in [0.25, 0.3) is 0 Å². The summed E-state index contributed by atoms with van der Waals surface area (Å²) in [7, 11) is 1.37. The van der Waals surface area contributed by atoms with Crippen LogP contribution < -0.4 is 0 Å². The molecule has 1 fully saturated rings. The van der Waals surface area contributed by atoms with Gasteiger partial charge < -0.3 is 4.74 Å². The van der Waals surface area contributed by atoms with Crippen molar-refractivity contribution in [2.24, 2.45) is 0 Å². The number of halogens is 1. The molecule has 2 rings (SSSR count). The molecule has 0 radical (unpaired) electrons. The Balaban J connectivity index is 2.39. The van der Waals surface area contributed by atoms with Crippen LogP contribution in [-0.4, -0.2) is 22.9 Å². The zero-order valence-corrected chi connectivity index (χ0v) is 8.74. The molecule has 1 aromatic rings. The van der Waals surface area contributed by atoms with Crippen molar-refractivity contribution in [3.8, 4) is 0 Å². The lowest BCUT2D eigenvalue weighted by atomic mass is 10.4. The number of carbonyl (C=O) groups excluding carboxylic acids is 1. The molecule has 1 aromatic heterocycles. The number of nitrogens with zero attached hydrogens (tertiary/aromatic N) is 2. The van der Waals surface area contributed by atoms with E-state index >= 15 is 0 Å². The summed E-state index contributed by atoms with van der Waals surface area (Å²) in [5.74, 6) is -0.337. The first-order valence-electron chi connectivity index (χ1n) is 4.05. The van der Waals surface area contributed by atoms with Crippen molar-refractivity contribution in [1.29, 1.82) is 0 Å². The highest BCUT2D eigenvalue weighted by Gasteiger charge is 2.30.